The Bertz CT molecular complexity index is 2390. The maximum absolute atomic E-state index is 12.1. The quantitative estimate of drug-likeness (QED) is 0.0753. The fraction of sp³-hybridized carbons (Fsp3) is 0.143. The van der Waals surface area contributed by atoms with Crippen molar-refractivity contribution in [2.75, 3.05) is 18.6 Å². The molecule has 0 N–H and O–H groups in total. The van der Waals surface area contributed by atoms with Crippen molar-refractivity contribution in [3.8, 4) is 22.6 Å². The number of aryl methyl sites for hydroxylation is 1. The molecule has 0 heterocycles. The number of ether oxygens (including phenoxy) is 3. The molecule has 6 nitrogen and oxygen atoms in total. The van der Waals surface area contributed by atoms with Crippen LogP contribution in [0.1, 0.15) is 54.2 Å². The zero-order chi connectivity index (χ0) is 38.5. The number of hydrogen-bond acceptors (Lipinski definition) is 6. The largest absolute Gasteiger partial charge is 0.497 e. The molecule has 0 unspecified atom stereocenters. The second-order valence-corrected chi connectivity index (χ2v) is 14.1. The summed E-state index contributed by atoms with van der Waals surface area (Å²) in [7, 11) is 1.65. The van der Waals surface area contributed by atoms with Crippen molar-refractivity contribution >= 4 is 40.6 Å². The summed E-state index contributed by atoms with van der Waals surface area (Å²) in [5.74, 6) is -0.0613. The zero-order valence-corrected chi connectivity index (χ0v) is 31.7. The third-order valence-electron chi connectivity index (χ3n) is 10.0. The van der Waals surface area contributed by atoms with Crippen molar-refractivity contribution in [2.24, 2.45) is 0 Å². The smallest absolute Gasteiger partial charge is 0.349 e. The van der Waals surface area contributed by atoms with Crippen LogP contribution in [0.3, 0.4) is 0 Å². The van der Waals surface area contributed by atoms with E-state index in [1.165, 1.54) is 34.7 Å². The lowest BCUT2D eigenvalue weighted by molar-refractivity contribution is -0.152. The number of fused-ring (bicyclic) bond motifs is 3. The van der Waals surface area contributed by atoms with Crippen LogP contribution in [0, 0.1) is 6.92 Å². The van der Waals surface area contributed by atoms with Gasteiger partial charge in [-0.25, -0.2) is 4.79 Å². The van der Waals surface area contributed by atoms with Gasteiger partial charge in [0.05, 0.1) is 7.11 Å². The molecule has 6 heteroatoms. The third kappa shape index (κ3) is 7.99. The molecule has 55 heavy (non-hydrogen) atoms. The van der Waals surface area contributed by atoms with Gasteiger partial charge in [-0.15, -0.1) is 0 Å². The topological polar surface area (TPSA) is 65.1 Å². The minimum absolute atomic E-state index is 0.102. The molecule has 0 saturated heterocycles. The van der Waals surface area contributed by atoms with Crippen LogP contribution in [0.2, 0.25) is 0 Å². The van der Waals surface area contributed by atoms with E-state index in [2.05, 4.69) is 129 Å². The maximum Gasteiger partial charge on any atom is 0.349 e. The number of carbonyl (C=O) groups excluding carboxylic acids is 2. The molecule has 6 aromatic rings. The lowest BCUT2D eigenvalue weighted by Gasteiger charge is -2.28. The molecule has 0 amide bonds. The Morgan fingerprint density at radius 1 is 0.673 bits per heavy atom. The highest BCUT2D eigenvalue weighted by Crippen LogP contribution is 2.50. The summed E-state index contributed by atoms with van der Waals surface area (Å²) in [5.41, 5.74) is 13.6. The molecular formula is C49H43NO5. The number of rotatable bonds is 11. The zero-order valence-electron chi connectivity index (χ0n) is 31.7. The van der Waals surface area contributed by atoms with E-state index >= 15 is 0 Å². The molecule has 0 fully saturated rings. The minimum Gasteiger partial charge on any atom is -0.497 e. The normalized spacial score (nSPS) is 12.9. The lowest BCUT2D eigenvalue weighted by Crippen LogP contribution is -2.17. The molecule has 0 spiro atoms. The molecular weight excluding hydrogens is 683 g/mol. The van der Waals surface area contributed by atoms with Gasteiger partial charge in [-0.1, -0.05) is 117 Å². The molecule has 0 aliphatic heterocycles. The van der Waals surface area contributed by atoms with Gasteiger partial charge in [0.2, 0.25) is 0 Å². The Hall–Kier alpha value is -6.66. The number of methoxy groups -OCH3 is 1. The summed E-state index contributed by atoms with van der Waals surface area (Å²) in [6.07, 6.45) is 6.20. The molecule has 1 aliphatic rings. The first kappa shape index (κ1) is 36.7. The van der Waals surface area contributed by atoms with Gasteiger partial charge in [0, 0.05) is 29.4 Å². The van der Waals surface area contributed by atoms with E-state index in [1.807, 2.05) is 42.5 Å². The fourth-order valence-electron chi connectivity index (χ4n) is 7.12. The van der Waals surface area contributed by atoms with E-state index in [1.54, 1.807) is 19.2 Å². The van der Waals surface area contributed by atoms with Crippen molar-refractivity contribution in [1.82, 2.24) is 0 Å². The summed E-state index contributed by atoms with van der Waals surface area (Å²) in [4.78, 5) is 25.5. The Labute approximate surface area is 322 Å². The summed E-state index contributed by atoms with van der Waals surface area (Å²) in [5, 5.41) is 0. The van der Waals surface area contributed by atoms with Gasteiger partial charge in [-0.2, -0.15) is 0 Å². The van der Waals surface area contributed by atoms with Gasteiger partial charge in [0.15, 0.2) is 6.61 Å². The molecule has 0 radical (unpaired) electrons. The number of hydrogen-bond donors (Lipinski definition) is 0. The van der Waals surface area contributed by atoms with Crippen molar-refractivity contribution < 1.29 is 23.8 Å². The highest BCUT2D eigenvalue weighted by atomic mass is 16.6. The Kier molecular flexibility index (Phi) is 10.5. The SMILES string of the molecule is COc1ccc(C(=CC=Cc2ccc(N(c3ccc(C)cc3)c3ccc4c(c3)C(C)(C)c3ccccc3-4)cc2)c2ccc(OC(=O)COC(C)=O)cc2)cc1. The second kappa shape index (κ2) is 15.7. The summed E-state index contributed by atoms with van der Waals surface area (Å²) in [6, 6.07) is 48.0. The van der Waals surface area contributed by atoms with Crippen molar-refractivity contribution in [2.45, 2.75) is 33.1 Å². The van der Waals surface area contributed by atoms with Crippen LogP contribution in [-0.4, -0.2) is 25.7 Å². The number of anilines is 3. The van der Waals surface area contributed by atoms with Gasteiger partial charge < -0.3 is 19.1 Å². The monoisotopic (exact) mass is 725 g/mol. The third-order valence-corrected chi connectivity index (χ3v) is 10.0. The van der Waals surface area contributed by atoms with Crippen LogP contribution >= 0.6 is 0 Å². The first-order valence-corrected chi connectivity index (χ1v) is 18.3. The van der Waals surface area contributed by atoms with E-state index in [4.69, 9.17) is 14.2 Å². The van der Waals surface area contributed by atoms with Crippen molar-refractivity contribution in [3.05, 3.63) is 185 Å². The van der Waals surface area contributed by atoms with Gasteiger partial charge in [-0.05, 0) is 112 Å². The Morgan fingerprint density at radius 3 is 1.89 bits per heavy atom. The molecule has 6 aromatic carbocycles. The standard InChI is InChI=1S/C49H43NO5/c1-33-13-21-38(22-14-33)50(40-25-30-45-44-10-6-7-12-46(44)49(3,4)47(45)31-40)39-23-15-35(16-24-39)9-8-11-43(36-17-26-41(53-5)27-18-36)37-19-28-42(29-20-37)55-48(52)32-54-34(2)51/h6-31H,32H2,1-5H3. The van der Waals surface area contributed by atoms with Gasteiger partial charge in [0.25, 0.3) is 0 Å². The summed E-state index contributed by atoms with van der Waals surface area (Å²) in [6.45, 7) is 7.55. The predicted molar refractivity (Wildman–Crippen MR) is 221 cm³/mol. The van der Waals surface area contributed by atoms with Gasteiger partial charge in [0.1, 0.15) is 11.5 Å². The van der Waals surface area contributed by atoms with Crippen LogP contribution in [0.15, 0.2) is 152 Å². The first-order chi connectivity index (χ1) is 26.6. The molecule has 0 saturated carbocycles. The summed E-state index contributed by atoms with van der Waals surface area (Å²) < 4.78 is 15.5. The Morgan fingerprint density at radius 2 is 1.25 bits per heavy atom. The highest BCUT2D eigenvalue weighted by Gasteiger charge is 2.35. The molecule has 0 aromatic heterocycles. The first-order valence-electron chi connectivity index (χ1n) is 18.3. The number of carbonyl (C=O) groups is 2. The predicted octanol–water partition coefficient (Wildman–Crippen LogP) is 11.4. The van der Waals surface area contributed by atoms with E-state index in [-0.39, 0.29) is 5.41 Å². The van der Waals surface area contributed by atoms with E-state index in [0.717, 1.165) is 45.1 Å². The second-order valence-electron chi connectivity index (χ2n) is 14.1. The van der Waals surface area contributed by atoms with Gasteiger partial charge >= 0.3 is 11.9 Å². The fourth-order valence-corrected chi connectivity index (χ4v) is 7.12. The number of nitrogens with zero attached hydrogens (tertiary/aromatic N) is 1. The highest BCUT2D eigenvalue weighted by molar-refractivity contribution is 5.86. The van der Waals surface area contributed by atoms with Gasteiger partial charge in [-0.3, -0.25) is 4.79 Å². The van der Waals surface area contributed by atoms with E-state index in [9.17, 15) is 9.59 Å². The number of allylic oxidation sites excluding steroid dienone is 2. The molecule has 0 atom stereocenters. The average molecular weight is 726 g/mol. The van der Waals surface area contributed by atoms with Crippen LogP contribution in [0.5, 0.6) is 11.5 Å². The van der Waals surface area contributed by atoms with E-state index < -0.39 is 18.5 Å². The number of esters is 2. The lowest BCUT2D eigenvalue weighted by atomic mass is 9.82. The minimum atomic E-state index is -0.646. The molecule has 0 bridgehead atoms. The van der Waals surface area contributed by atoms with Crippen LogP contribution in [-0.2, 0) is 19.7 Å². The summed E-state index contributed by atoms with van der Waals surface area (Å²) >= 11 is 0. The van der Waals surface area contributed by atoms with Crippen LogP contribution in [0.25, 0.3) is 22.8 Å². The molecule has 274 valence electrons. The maximum atomic E-state index is 12.1. The Balaban J connectivity index is 1.17. The number of benzene rings is 6. The van der Waals surface area contributed by atoms with Crippen molar-refractivity contribution in [1.29, 1.82) is 0 Å². The van der Waals surface area contributed by atoms with Crippen LogP contribution in [0.4, 0.5) is 17.1 Å². The van der Waals surface area contributed by atoms with Crippen LogP contribution < -0.4 is 14.4 Å². The van der Waals surface area contributed by atoms with E-state index in [0.29, 0.717) is 5.75 Å². The molecule has 1 aliphatic carbocycles. The molecule has 7 rings (SSSR count). The average Bonchev–Trinajstić information content (AvgIpc) is 3.43. The van der Waals surface area contributed by atoms with Crippen molar-refractivity contribution in [3.63, 3.8) is 0 Å².